The Morgan fingerprint density at radius 2 is 1.50 bits per heavy atom. The minimum Gasteiger partial charge on any atom is -0.254 e. The Balaban J connectivity index is 1.66. The van der Waals surface area contributed by atoms with Gasteiger partial charge in [-0.1, -0.05) is 65.7 Å². The zero-order chi connectivity index (χ0) is 19.5. The SMILES string of the molecule is Fc1ccccc1N1N=C(/C=C/c2ccc(Cl)cc2)CC1c1ccc(Cl)cc1. The molecule has 0 bridgehead atoms. The van der Waals surface area contributed by atoms with Crippen LogP contribution in [0, 0.1) is 5.82 Å². The summed E-state index contributed by atoms with van der Waals surface area (Å²) in [5.74, 6) is -0.298. The van der Waals surface area contributed by atoms with Crippen molar-refractivity contribution >= 4 is 40.7 Å². The van der Waals surface area contributed by atoms with Gasteiger partial charge in [0.2, 0.25) is 0 Å². The van der Waals surface area contributed by atoms with Crippen molar-refractivity contribution in [3.63, 3.8) is 0 Å². The summed E-state index contributed by atoms with van der Waals surface area (Å²) in [7, 11) is 0. The van der Waals surface area contributed by atoms with Gasteiger partial charge in [0.15, 0.2) is 0 Å². The molecule has 0 radical (unpaired) electrons. The summed E-state index contributed by atoms with van der Waals surface area (Å²) in [4.78, 5) is 0. The van der Waals surface area contributed by atoms with Gasteiger partial charge in [-0.2, -0.15) is 5.10 Å². The van der Waals surface area contributed by atoms with E-state index in [-0.39, 0.29) is 11.9 Å². The Morgan fingerprint density at radius 3 is 2.18 bits per heavy atom. The molecule has 140 valence electrons. The van der Waals surface area contributed by atoms with E-state index < -0.39 is 0 Å². The molecule has 0 aromatic heterocycles. The van der Waals surface area contributed by atoms with Crippen LogP contribution in [0.3, 0.4) is 0 Å². The van der Waals surface area contributed by atoms with Gasteiger partial charge in [-0.15, -0.1) is 0 Å². The monoisotopic (exact) mass is 410 g/mol. The zero-order valence-electron chi connectivity index (χ0n) is 14.9. The van der Waals surface area contributed by atoms with Crippen LogP contribution in [-0.4, -0.2) is 5.71 Å². The van der Waals surface area contributed by atoms with E-state index in [1.807, 2.05) is 66.7 Å². The molecule has 5 heteroatoms. The van der Waals surface area contributed by atoms with Crippen LogP contribution >= 0.6 is 23.2 Å². The fourth-order valence-electron chi connectivity index (χ4n) is 3.20. The highest BCUT2D eigenvalue weighted by molar-refractivity contribution is 6.30. The Bertz CT molecular complexity index is 1030. The molecule has 28 heavy (non-hydrogen) atoms. The van der Waals surface area contributed by atoms with Crippen LogP contribution in [0.1, 0.15) is 23.6 Å². The number of rotatable bonds is 4. The van der Waals surface area contributed by atoms with Crippen LogP contribution in [0.4, 0.5) is 10.1 Å². The number of hydrazone groups is 1. The molecule has 0 amide bonds. The Hall–Kier alpha value is -2.62. The van der Waals surface area contributed by atoms with Crippen molar-refractivity contribution in [2.75, 3.05) is 5.01 Å². The van der Waals surface area contributed by atoms with Crippen LogP contribution in [0.25, 0.3) is 6.08 Å². The van der Waals surface area contributed by atoms with Crippen LogP contribution in [0.15, 0.2) is 84.0 Å². The number of para-hydroxylation sites is 1. The molecule has 3 aromatic carbocycles. The fourth-order valence-corrected chi connectivity index (χ4v) is 3.46. The van der Waals surface area contributed by atoms with Gasteiger partial charge in [0.25, 0.3) is 0 Å². The molecular weight excluding hydrogens is 394 g/mol. The van der Waals surface area contributed by atoms with Gasteiger partial charge in [0.05, 0.1) is 17.4 Å². The average molecular weight is 411 g/mol. The van der Waals surface area contributed by atoms with Gasteiger partial charge < -0.3 is 0 Å². The second-order valence-corrected chi connectivity index (χ2v) is 7.42. The second kappa shape index (κ2) is 8.17. The standard InChI is InChI=1S/C23H17Cl2FN2/c24-18-10-5-16(6-11-18)7-14-20-15-23(17-8-12-19(25)13-9-17)28(27-20)22-4-2-1-3-21(22)26/h1-14,23H,15H2/b14-7+. The van der Waals surface area contributed by atoms with Gasteiger partial charge in [-0.05, 0) is 53.6 Å². The van der Waals surface area contributed by atoms with Crippen molar-refractivity contribution in [1.29, 1.82) is 0 Å². The Kier molecular flexibility index (Phi) is 5.47. The third-order valence-electron chi connectivity index (χ3n) is 4.63. The molecule has 4 rings (SSSR count). The molecule has 3 aromatic rings. The smallest absolute Gasteiger partial charge is 0.148 e. The molecule has 0 fully saturated rings. The predicted molar refractivity (Wildman–Crippen MR) is 116 cm³/mol. The van der Waals surface area contributed by atoms with E-state index in [2.05, 4.69) is 0 Å². The summed E-state index contributed by atoms with van der Waals surface area (Å²) < 4.78 is 14.4. The van der Waals surface area contributed by atoms with Crippen molar-refractivity contribution in [2.45, 2.75) is 12.5 Å². The molecule has 1 aliphatic heterocycles. The number of hydrogen-bond acceptors (Lipinski definition) is 2. The minimum atomic E-state index is -0.298. The fraction of sp³-hybridized carbons (Fsp3) is 0.0870. The molecule has 0 aliphatic carbocycles. The Labute approximate surface area is 173 Å². The first-order chi connectivity index (χ1) is 13.6. The summed E-state index contributed by atoms with van der Waals surface area (Å²) in [5.41, 5.74) is 3.39. The number of halogens is 3. The summed E-state index contributed by atoms with van der Waals surface area (Å²) in [5, 5.41) is 7.81. The summed E-state index contributed by atoms with van der Waals surface area (Å²) >= 11 is 12.0. The molecule has 0 spiro atoms. The lowest BCUT2D eigenvalue weighted by molar-refractivity contribution is 0.606. The molecule has 0 N–H and O–H groups in total. The van der Waals surface area contributed by atoms with E-state index in [1.165, 1.54) is 6.07 Å². The third kappa shape index (κ3) is 4.11. The van der Waals surface area contributed by atoms with Gasteiger partial charge in [0.1, 0.15) is 5.82 Å². The number of nitrogens with zero attached hydrogens (tertiary/aromatic N) is 2. The predicted octanol–water partition coefficient (Wildman–Crippen LogP) is 7.15. The lowest BCUT2D eigenvalue weighted by Gasteiger charge is -2.24. The highest BCUT2D eigenvalue weighted by atomic mass is 35.5. The van der Waals surface area contributed by atoms with Crippen molar-refractivity contribution in [3.05, 3.63) is 106 Å². The van der Waals surface area contributed by atoms with Crippen LogP contribution in [0.5, 0.6) is 0 Å². The zero-order valence-corrected chi connectivity index (χ0v) is 16.4. The number of hydrogen-bond donors (Lipinski definition) is 0. The first-order valence-corrected chi connectivity index (χ1v) is 9.66. The lowest BCUT2D eigenvalue weighted by Crippen LogP contribution is -2.19. The van der Waals surface area contributed by atoms with Gasteiger partial charge in [-0.25, -0.2) is 4.39 Å². The van der Waals surface area contributed by atoms with Crippen LogP contribution in [0.2, 0.25) is 10.0 Å². The van der Waals surface area contributed by atoms with E-state index in [0.717, 1.165) is 16.8 Å². The van der Waals surface area contributed by atoms with Crippen LogP contribution in [-0.2, 0) is 0 Å². The van der Waals surface area contributed by atoms with E-state index in [0.29, 0.717) is 22.2 Å². The van der Waals surface area contributed by atoms with E-state index in [9.17, 15) is 4.39 Å². The topological polar surface area (TPSA) is 15.6 Å². The molecule has 0 saturated carbocycles. The number of benzene rings is 3. The quantitative estimate of drug-likeness (QED) is 0.445. The normalized spacial score (nSPS) is 16.6. The van der Waals surface area contributed by atoms with Crippen LogP contribution < -0.4 is 5.01 Å². The average Bonchev–Trinajstić information content (AvgIpc) is 3.12. The molecule has 0 saturated heterocycles. The molecule has 1 heterocycles. The largest absolute Gasteiger partial charge is 0.254 e. The number of anilines is 1. The first kappa shape index (κ1) is 18.7. The second-order valence-electron chi connectivity index (χ2n) is 6.54. The maximum absolute atomic E-state index is 14.4. The highest BCUT2D eigenvalue weighted by Crippen LogP contribution is 2.37. The summed E-state index contributed by atoms with van der Waals surface area (Å²) in [6, 6.07) is 21.8. The van der Waals surface area contributed by atoms with Crippen molar-refractivity contribution < 1.29 is 4.39 Å². The van der Waals surface area contributed by atoms with Crippen molar-refractivity contribution in [1.82, 2.24) is 0 Å². The summed E-state index contributed by atoms with van der Waals surface area (Å²) in [6.45, 7) is 0. The Morgan fingerprint density at radius 1 is 0.857 bits per heavy atom. The molecule has 2 nitrogen and oxygen atoms in total. The lowest BCUT2D eigenvalue weighted by atomic mass is 10.0. The molecule has 1 atom stereocenters. The van der Waals surface area contributed by atoms with E-state index in [4.69, 9.17) is 28.3 Å². The number of allylic oxidation sites excluding steroid dienone is 1. The molecule has 1 unspecified atom stereocenters. The third-order valence-corrected chi connectivity index (χ3v) is 5.13. The maximum Gasteiger partial charge on any atom is 0.148 e. The maximum atomic E-state index is 14.4. The first-order valence-electron chi connectivity index (χ1n) is 8.90. The van der Waals surface area contributed by atoms with Crippen molar-refractivity contribution in [2.24, 2.45) is 5.10 Å². The van der Waals surface area contributed by atoms with E-state index >= 15 is 0 Å². The van der Waals surface area contributed by atoms with Gasteiger partial charge in [-0.3, -0.25) is 5.01 Å². The summed E-state index contributed by atoms with van der Waals surface area (Å²) in [6.07, 6.45) is 4.62. The molecular formula is C23H17Cl2FN2. The molecule has 1 aliphatic rings. The van der Waals surface area contributed by atoms with Gasteiger partial charge >= 0.3 is 0 Å². The van der Waals surface area contributed by atoms with Gasteiger partial charge in [0, 0.05) is 16.5 Å². The van der Waals surface area contributed by atoms with Crippen molar-refractivity contribution in [3.8, 4) is 0 Å². The van der Waals surface area contributed by atoms with E-state index in [1.54, 1.807) is 17.1 Å². The highest BCUT2D eigenvalue weighted by Gasteiger charge is 2.29. The minimum absolute atomic E-state index is 0.0981.